The second kappa shape index (κ2) is 10.0. The van der Waals surface area contributed by atoms with Gasteiger partial charge >= 0.3 is 5.97 Å². The maximum Gasteiger partial charge on any atom is 0.330 e. The molecule has 5 heteroatoms. The molecular weight excluding hydrogens is 284 g/mol. The monoisotopic (exact) mass is 308 g/mol. The van der Waals surface area contributed by atoms with E-state index in [4.69, 9.17) is 14.2 Å². The summed E-state index contributed by atoms with van der Waals surface area (Å²) in [6.45, 7) is 3.84. The van der Waals surface area contributed by atoms with E-state index in [-0.39, 0.29) is 15.5 Å². The fourth-order valence-electron chi connectivity index (χ4n) is 2.15. The molecule has 0 aliphatic heterocycles. The summed E-state index contributed by atoms with van der Waals surface area (Å²) in [7, 11) is 2.98. The number of para-hydroxylation sites is 1. The number of benzene rings is 1. The van der Waals surface area contributed by atoms with Gasteiger partial charge in [0.15, 0.2) is 11.5 Å². The van der Waals surface area contributed by atoms with Crippen LogP contribution in [0.25, 0.3) is 0 Å². The van der Waals surface area contributed by atoms with Crippen molar-refractivity contribution in [1.29, 1.82) is 0 Å². The first-order chi connectivity index (χ1) is 10.2. The Labute approximate surface area is 128 Å². The molecule has 0 bridgehead atoms. The number of methoxy groups -OCH3 is 2. The van der Waals surface area contributed by atoms with E-state index in [1.807, 2.05) is 12.1 Å². The van der Waals surface area contributed by atoms with Crippen LogP contribution in [-0.2, 0) is 9.53 Å². The van der Waals surface area contributed by atoms with Crippen molar-refractivity contribution in [2.24, 2.45) is 0 Å². The van der Waals surface area contributed by atoms with Gasteiger partial charge in [0.25, 0.3) is 0 Å². The van der Waals surface area contributed by atoms with Crippen LogP contribution < -0.4 is 14.7 Å². The molecule has 116 valence electrons. The first-order valence-corrected chi connectivity index (χ1v) is 8.92. The SMILES string of the molecule is C=CC(=O)OCCCCC[SiH2]c1cccc(OC)c1OC. The van der Waals surface area contributed by atoms with E-state index in [1.165, 1.54) is 17.3 Å². The predicted octanol–water partition coefficient (Wildman–Crippen LogP) is 1.82. The van der Waals surface area contributed by atoms with E-state index in [2.05, 4.69) is 12.6 Å². The number of hydrogen-bond acceptors (Lipinski definition) is 4. The number of ether oxygens (including phenoxy) is 3. The van der Waals surface area contributed by atoms with Crippen molar-refractivity contribution in [3.63, 3.8) is 0 Å². The Bertz CT molecular complexity index is 460. The molecule has 0 unspecified atom stereocenters. The van der Waals surface area contributed by atoms with E-state index in [0.29, 0.717) is 6.61 Å². The average molecular weight is 308 g/mol. The van der Waals surface area contributed by atoms with Gasteiger partial charge < -0.3 is 14.2 Å². The van der Waals surface area contributed by atoms with Crippen molar-refractivity contribution in [3.8, 4) is 11.5 Å². The van der Waals surface area contributed by atoms with Crippen molar-refractivity contribution in [2.45, 2.75) is 25.3 Å². The van der Waals surface area contributed by atoms with Gasteiger partial charge in [-0.25, -0.2) is 4.79 Å². The predicted molar refractivity (Wildman–Crippen MR) is 87.5 cm³/mol. The molecule has 21 heavy (non-hydrogen) atoms. The highest BCUT2D eigenvalue weighted by Gasteiger charge is 2.08. The third-order valence-corrected chi connectivity index (χ3v) is 5.18. The molecule has 0 aliphatic carbocycles. The van der Waals surface area contributed by atoms with Crippen molar-refractivity contribution < 1.29 is 19.0 Å². The smallest absolute Gasteiger partial charge is 0.330 e. The molecule has 0 aliphatic rings. The summed E-state index contributed by atoms with van der Waals surface area (Å²) < 4.78 is 15.7. The molecule has 0 N–H and O–H groups in total. The molecule has 0 heterocycles. The van der Waals surface area contributed by atoms with Crippen LogP contribution >= 0.6 is 0 Å². The van der Waals surface area contributed by atoms with E-state index in [1.54, 1.807) is 14.2 Å². The van der Waals surface area contributed by atoms with Crippen LogP contribution in [0.2, 0.25) is 6.04 Å². The van der Waals surface area contributed by atoms with Gasteiger partial charge in [-0.2, -0.15) is 0 Å². The molecule has 0 atom stereocenters. The summed E-state index contributed by atoms with van der Waals surface area (Å²) in [4.78, 5) is 10.9. The standard InChI is InChI=1S/C16H24O4Si/c1-4-15(17)20-11-6-5-7-12-21-14-10-8-9-13(18-2)16(14)19-3/h4,8-10H,1,5-7,11-12,21H2,2-3H3. The third-order valence-electron chi connectivity index (χ3n) is 3.24. The topological polar surface area (TPSA) is 44.8 Å². The van der Waals surface area contributed by atoms with E-state index >= 15 is 0 Å². The Morgan fingerprint density at radius 2 is 2.05 bits per heavy atom. The second-order valence-corrected chi connectivity index (χ2v) is 6.66. The Balaban J connectivity index is 2.27. The highest BCUT2D eigenvalue weighted by Crippen LogP contribution is 2.23. The minimum Gasteiger partial charge on any atom is -0.493 e. The first-order valence-electron chi connectivity index (χ1n) is 7.22. The van der Waals surface area contributed by atoms with Crippen LogP contribution in [0.4, 0.5) is 0 Å². The number of unbranched alkanes of at least 4 members (excludes halogenated alkanes) is 2. The second-order valence-electron chi connectivity index (χ2n) is 4.69. The number of esters is 1. The van der Waals surface area contributed by atoms with Gasteiger partial charge in [-0.3, -0.25) is 0 Å². The van der Waals surface area contributed by atoms with E-state index in [9.17, 15) is 4.79 Å². The van der Waals surface area contributed by atoms with E-state index < -0.39 is 0 Å². The third kappa shape index (κ3) is 6.04. The number of hydrogen-bond donors (Lipinski definition) is 0. The van der Waals surface area contributed by atoms with Crippen LogP contribution in [-0.4, -0.2) is 36.3 Å². The Hall–Kier alpha value is -1.75. The molecule has 0 saturated heterocycles. The largest absolute Gasteiger partial charge is 0.493 e. The van der Waals surface area contributed by atoms with Gasteiger partial charge in [-0.1, -0.05) is 37.6 Å². The summed E-state index contributed by atoms with van der Waals surface area (Å²) in [5, 5.41) is 1.30. The van der Waals surface area contributed by atoms with Crippen LogP contribution in [0, 0.1) is 0 Å². The van der Waals surface area contributed by atoms with Gasteiger partial charge in [-0.15, -0.1) is 0 Å². The van der Waals surface area contributed by atoms with Gasteiger partial charge in [0.1, 0.15) is 0 Å². The Morgan fingerprint density at radius 3 is 2.71 bits per heavy atom. The first kappa shape index (κ1) is 17.3. The highest BCUT2D eigenvalue weighted by atomic mass is 28.2. The molecule has 1 aromatic carbocycles. The molecule has 0 amide bonds. The molecule has 1 rings (SSSR count). The molecule has 0 spiro atoms. The lowest BCUT2D eigenvalue weighted by molar-refractivity contribution is -0.137. The maximum atomic E-state index is 10.9. The summed E-state index contributed by atoms with van der Waals surface area (Å²) in [6, 6.07) is 7.27. The summed E-state index contributed by atoms with van der Waals surface area (Å²) >= 11 is 0. The number of carbonyl (C=O) groups excluding carboxylic acids is 1. The van der Waals surface area contributed by atoms with Gasteiger partial charge in [0.05, 0.1) is 30.3 Å². The Morgan fingerprint density at radius 1 is 1.24 bits per heavy atom. The normalized spacial score (nSPS) is 10.6. The zero-order valence-electron chi connectivity index (χ0n) is 12.9. The van der Waals surface area contributed by atoms with Gasteiger partial charge in [0.2, 0.25) is 0 Å². The fraction of sp³-hybridized carbons (Fsp3) is 0.438. The van der Waals surface area contributed by atoms with Gasteiger partial charge in [-0.05, 0) is 17.7 Å². The summed E-state index contributed by atoms with van der Waals surface area (Å²) in [6.07, 6.45) is 4.33. The van der Waals surface area contributed by atoms with Crippen molar-refractivity contribution in [1.82, 2.24) is 0 Å². The highest BCUT2D eigenvalue weighted by molar-refractivity contribution is 6.54. The number of rotatable bonds is 10. The molecule has 0 fully saturated rings. The van der Waals surface area contributed by atoms with Gasteiger partial charge in [0, 0.05) is 6.08 Å². The van der Waals surface area contributed by atoms with E-state index in [0.717, 1.165) is 30.8 Å². The summed E-state index contributed by atoms with van der Waals surface area (Å²) in [5.74, 6) is 1.34. The van der Waals surface area contributed by atoms with Crippen LogP contribution in [0.5, 0.6) is 11.5 Å². The molecule has 0 radical (unpaired) electrons. The zero-order valence-corrected chi connectivity index (χ0v) is 14.3. The Kier molecular flexibility index (Phi) is 8.27. The minimum atomic E-state index is -0.365. The lowest BCUT2D eigenvalue weighted by Gasteiger charge is -2.12. The van der Waals surface area contributed by atoms with Crippen molar-refractivity contribution in [2.75, 3.05) is 20.8 Å². The summed E-state index contributed by atoms with van der Waals surface area (Å²) in [5.41, 5.74) is 0. The molecule has 0 saturated carbocycles. The minimum absolute atomic E-state index is 0.342. The average Bonchev–Trinajstić information content (AvgIpc) is 2.53. The van der Waals surface area contributed by atoms with Crippen LogP contribution in [0.3, 0.4) is 0 Å². The number of carbonyl (C=O) groups is 1. The quantitative estimate of drug-likeness (QED) is 0.286. The molecule has 0 aromatic heterocycles. The maximum absolute atomic E-state index is 10.9. The lowest BCUT2D eigenvalue weighted by atomic mass is 10.3. The zero-order chi connectivity index (χ0) is 15.5. The molecular formula is C16H24O4Si. The van der Waals surface area contributed by atoms with Crippen molar-refractivity contribution >= 4 is 20.7 Å². The van der Waals surface area contributed by atoms with Crippen molar-refractivity contribution in [3.05, 3.63) is 30.9 Å². The lowest BCUT2D eigenvalue weighted by Crippen LogP contribution is -2.17. The molecule has 4 nitrogen and oxygen atoms in total. The molecule has 1 aromatic rings. The van der Waals surface area contributed by atoms with Crippen LogP contribution in [0.1, 0.15) is 19.3 Å². The fourth-order valence-corrected chi connectivity index (χ4v) is 3.99. The van der Waals surface area contributed by atoms with Crippen LogP contribution in [0.15, 0.2) is 30.9 Å².